The maximum absolute atomic E-state index is 13.8. The van der Waals surface area contributed by atoms with Crippen LogP contribution in [-0.4, -0.2) is 16.2 Å². The van der Waals surface area contributed by atoms with E-state index < -0.39 is 46.1 Å². The van der Waals surface area contributed by atoms with Crippen LogP contribution < -0.4 is 16.0 Å². The van der Waals surface area contributed by atoms with Gasteiger partial charge in [0.05, 0.1) is 5.39 Å². The van der Waals surface area contributed by atoms with Crippen molar-refractivity contribution < 1.29 is 22.3 Å². The van der Waals surface area contributed by atoms with Crippen LogP contribution >= 0.6 is 0 Å². The Bertz CT molecular complexity index is 839. The highest BCUT2D eigenvalue weighted by molar-refractivity contribution is 5.84. The first-order valence-electron chi connectivity index (χ1n) is 6.01. The Balaban J connectivity index is 2.48. The molecule has 0 saturated heterocycles. The minimum Gasteiger partial charge on any atom is -0.429 e. The Hall–Kier alpha value is -2.32. The van der Waals surface area contributed by atoms with E-state index in [4.69, 9.17) is 0 Å². The summed E-state index contributed by atoms with van der Waals surface area (Å²) in [5.74, 6) is -4.30. The van der Waals surface area contributed by atoms with Crippen LogP contribution in [0.5, 0.6) is 5.75 Å². The molecule has 2 aromatic rings. The minimum atomic E-state index is -3.42. The zero-order valence-corrected chi connectivity index (χ0v) is 10.3. The van der Waals surface area contributed by atoms with Crippen molar-refractivity contribution in [3.63, 3.8) is 0 Å². The van der Waals surface area contributed by atoms with Crippen molar-refractivity contribution >= 4 is 10.9 Å². The Kier molecular flexibility index (Phi) is 2.99. The number of hydrogen-bond acceptors (Lipinski definition) is 3. The topological polar surface area (TPSA) is 64.1 Å². The number of aromatic nitrogens is 2. The van der Waals surface area contributed by atoms with Crippen molar-refractivity contribution in [3.05, 3.63) is 38.5 Å². The normalized spacial score (nSPS) is 14.9. The lowest BCUT2D eigenvalue weighted by atomic mass is 10.2. The van der Waals surface area contributed by atoms with E-state index >= 15 is 0 Å². The van der Waals surface area contributed by atoms with Crippen LogP contribution in [0.15, 0.2) is 15.7 Å². The monoisotopic (exact) mass is 304 g/mol. The molecule has 21 heavy (non-hydrogen) atoms. The lowest BCUT2D eigenvalue weighted by Gasteiger charge is -2.14. The third-order valence-electron chi connectivity index (χ3n) is 3.19. The molecule has 1 saturated carbocycles. The molecule has 9 heteroatoms. The van der Waals surface area contributed by atoms with Crippen LogP contribution in [0.2, 0.25) is 0 Å². The zero-order chi connectivity index (χ0) is 15.3. The zero-order valence-electron chi connectivity index (χ0n) is 10.3. The van der Waals surface area contributed by atoms with E-state index in [0.717, 1.165) is 4.57 Å². The number of halogens is 4. The first-order chi connectivity index (χ1) is 9.90. The van der Waals surface area contributed by atoms with Gasteiger partial charge in [0.25, 0.3) is 5.56 Å². The number of ether oxygens (including phenoxy) is 1. The van der Waals surface area contributed by atoms with Gasteiger partial charge < -0.3 is 4.74 Å². The molecule has 1 aliphatic rings. The van der Waals surface area contributed by atoms with Crippen LogP contribution in [0.4, 0.5) is 17.6 Å². The van der Waals surface area contributed by atoms with Crippen LogP contribution in [0, 0.1) is 11.6 Å². The van der Waals surface area contributed by atoms with E-state index in [-0.39, 0.29) is 6.04 Å². The van der Waals surface area contributed by atoms with Gasteiger partial charge in [0.2, 0.25) is 5.82 Å². The molecular formula is C12H8F4N2O3. The number of benzene rings is 1. The maximum Gasteiger partial charge on any atom is 0.387 e. The lowest BCUT2D eigenvalue weighted by molar-refractivity contribution is -0.0516. The smallest absolute Gasteiger partial charge is 0.387 e. The summed E-state index contributed by atoms with van der Waals surface area (Å²) in [6.07, 6.45) is 1.13. The van der Waals surface area contributed by atoms with Gasteiger partial charge in [-0.3, -0.25) is 14.3 Å². The number of nitrogens with one attached hydrogen (secondary N) is 1. The van der Waals surface area contributed by atoms with Crippen molar-refractivity contribution in [1.82, 2.24) is 9.55 Å². The molecule has 1 aliphatic carbocycles. The van der Waals surface area contributed by atoms with Gasteiger partial charge in [-0.25, -0.2) is 9.18 Å². The Morgan fingerprint density at radius 1 is 1.29 bits per heavy atom. The molecule has 1 fully saturated rings. The average molecular weight is 304 g/mol. The number of aromatic amines is 1. The van der Waals surface area contributed by atoms with Gasteiger partial charge in [-0.05, 0) is 18.9 Å². The molecule has 0 amide bonds. The van der Waals surface area contributed by atoms with E-state index in [0.29, 0.717) is 18.9 Å². The minimum absolute atomic E-state index is 0.360. The first kappa shape index (κ1) is 13.7. The van der Waals surface area contributed by atoms with Gasteiger partial charge in [-0.2, -0.15) is 13.2 Å². The van der Waals surface area contributed by atoms with Crippen LogP contribution in [-0.2, 0) is 0 Å². The molecule has 0 aliphatic heterocycles. The molecule has 0 unspecified atom stereocenters. The van der Waals surface area contributed by atoms with E-state index in [9.17, 15) is 27.2 Å². The fourth-order valence-electron chi connectivity index (χ4n) is 2.21. The largest absolute Gasteiger partial charge is 0.429 e. The molecule has 1 N–H and O–H groups in total. The molecule has 112 valence electrons. The van der Waals surface area contributed by atoms with Crippen LogP contribution in [0.3, 0.4) is 0 Å². The van der Waals surface area contributed by atoms with E-state index in [2.05, 4.69) is 4.74 Å². The molecule has 1 aromatic carbocycles. The van der Waals surface area contributed by atoms with Crippen molar-refractivity contribution in [2.24, 2.45) is 0 Å². The van der Waals surface area contributed by atoms with Crippen molar-refractivity contribution in [2.45, 2.75) is 25.5 Å². The highest BCUT2D eigenvalue weighted by Gasteiger charge is 2.31. The van der Waals surface area contributed by atoms with E-state index in [1.54, 1.807) is 0 Å². The summed E-state index contributed by atoms with van der Waals surface area (Å²) in [7, 11) is 0. The molecule has 5 nitrogen and oxygen atoms in total. The predicted molar refractivity (Wildman–Crippen MR) is 63.6 cm³/mol. The molecule has 0 spiro atoms. The number of H-pyrrole nitrogens is 1. The van der Waals surface area contributed by atoms with Gasteiger partial charge >= 0.3 is 12.3 Å². The van der Waals surface area contributed by atoms with Crippen molar-refractivity contribution in [3.8, 4) is 5.75 Å². The lowest BCUT2D eigenvalue weighted by Crippen LogP contribution is -2.30. The van der Waals surface area contributed by atoms with Gasteiger partial charge in [-0.15, -0.1) is 0 Å². The second-order valence-electron chi connectivity index (χ2n) is 4.64. The van der Waals surface area contributed by atoms with Gasteiger partial charge in [0.1, 0.15) is 5.52 Å². The number of rotatable bonds is 3. The predicted octanol–water partition coefficient (Wildman–Crippen LogP) is 1.90. The molecule has 1 aromatic heterocycles. The Morgan fingerprint density at radius 2 is 1.95 bits per heavy atom. The maximum atomic E-state index is 13.8. The summed E-state index contributed by atoms with van der Waals surface area (Å²) < 4.78 is 57.0. The SMILES string of the molecule is O=c1[nH]c(=O)n(C2CC2)c2c(OC(F)F)c(F)c(F)cc12. The van der Waals surface area contributed by atoms with E-state index in [1.165, 1.54) is 0 Å². The third-order valence-corrected chi connectivity index (χ3v) is 3.19. The van der Waals surface area contributed by atoms with Gasteiger partial charge in [0.15, 0.2) is 11.6 Å². The highest BCUT2D eigenvalue weighted by Crippen LogP contribution is 2.39. The number of fused-ring (bicyclic) bond motifs is 1. The summed E-state index contributed by atoms with van der Waals surface area (Å²) in [5, 5.41) is -0.420. The molecule has 0 radical (unpaired) electrons. The van der Waals surface area contributed by atoms with E-state index in [1.807, 2.05) is 4.98 Å². The van der Waals surface area contributed by atoms with Crippen LogP contribution in [0.25, 0.3) is 10.9 Å². The number of alkyl halides is 2. The third kappa shape index (κ3) is 2.18. The average Bonchev–Trinajstić information content (AvgIpc) is 3.20. The molecule has 0 bridgehead atoms. The second-order valence-corrected chi connectivity index (χ2v) is 4.64. The Morgan fingerprint density at radius 3 is 2.52 bits per heavy atom. The van der Waals surface area contributed by atoms with Crippen LogP contribution in [0.1, 0.15) is 18.9 Å². The summed E-state index contributed by atoms with van der Waals surface area (Å²) in [5.41, 5.74) is -2.32. The number of hydrogen-bond donors (Lipinski definition) is 1. The van der Waals surface area contributed by atoms with Gasteiger partial charge in [0, 0.05) is 6.04 Å². The Labute approximate surface area is 113 Å². The van der Waals surface area contributed by atoms with Crippen molar-refractivity contribution in [1.29, 1.82) is 0 Å². The fourth-order valence-corrected chi connectivity index (χ4v) is 2.21. The summed E-state index contributed by atoms with van der Waals surface area (Å²) in [6, 6.07) is 0.196. The summed E-state index contributed by atoms with van der Waals surface area (Å²) in [4.78, 5) is 25.5. The van der Waals surface area contributed by atoms with Gasteiger partial charge in [-0.1, -0.05) is 0 Å². The molecular weight excluding hydrogens is 296 g/mol. The van der Waals surface area contributed by atoms with Crippen molar-refractivity contribution in [2.75, 3.05) is 0 Å². The summed E-state index contributed by atoms with van der Waals surface area (Å²) >= 11 is 0. The molecule has 3 rings (SSSR count). The summed E-state index contributed by atoms with van der Waals surface area (Å²) in [6.45, 7) is -3.42. The number of nitrogens with zero attached hydrogens (tertiary/aromatic N) is 1. The highest BCUT2D eigenvalue weighted by atomic mass is 19.3. The molecule has 0 atom stereocenters. The standard InChI is InChI=1S/C12H8F4N2O3/c13-6-3-5-8(9(7(6)14)21-11(15)16)18(4-1-2-4)12(20)17-10(5)19/h3-4,11H,1-2H2,(H,17,19,20). The first-order valence-corrected chi connectivity index (χ1v) is 6.01. The molecule has 1 heterocycles. The quantitative estimate of drug-likeness (QED) is 0.881. The second kappa shape index (κ2) is 4.61. The fraction of sp³-hybridized carbons (Fsp3) is 0.333.